The predicted molar refractivity (Wildman–Crippen MR) is 304 cm³/mol. The van der Waals surface area contributed by atoms with Crippen LogP contribution in [0.4, 0.5) is 0 Å². The van der Waals surface area contributed by atoms with Crippen LogP contribution < -0.4 is 0 Å². The molecule has 0 heterocycles. The molecule has 2 spiro atoms. The van der Waals surface area contributed by atoms with E-state index in [4.69, 9.17) is 4.74 Å². The lowest BCUT2D eigenvalue weighted by atomic mass is 9.70. The van der Waals surface area contributed by atoms with Gasteiger partial charge in [-0.15, -0.1) is 0 Å². The summed E-state index contributed by atoms with van der Waals surface area (Å²) in [6, 6.07) is 23.2. The third-order valence-corrected chi connectivity index (χ3v) is 17.3. The van der Waals surface area contributed by atoms with E-state index in [0.29, 0.717) is 69.1 Å². The third kappa shape index (κ3) is 14.4. The van der Waals surface area contributed by atoms with Crippen molar-refractivity contribution in [2.45, 2.75) is 103 Å². The first-order valence-corrected chi connectivity index (χ1v) is 28.4. The molecule has 10 rings (SSSR count). The summed E-state index contributed by atoms with van der Waals surface area (Å²) in [4.78, 5) is 105. The number of esters is 4. The molecule has 0 aromatic heterocycles. The standard InChI is InChI=1S/C17H19BrO5.C16H15BrO4.C14H13BrO2.C9H7BrO.C4H6O2/c1-22-14(19)5-7-17(8-6-15(20)23-2)10-11-3-4-12(18)9-13(11)16(17)21;1-21-15(20)12-8-16(5-4-13(12)18)7-9-2-3-10(17)6-11(9)14(16)19;15-10-2-1-9-8-14(13(17)12(9)7-10)5-3-11(16)4-6-14;10-7-3-1-6-2-4-9(11)8(6)5-7;1-3-4(5)6-2/h3-4,9H,5-8,10H2,1-2H3;2-3,6,18H,4-5,7-8H2,1H3;1-2,7H,3-6,8H2;1,3,5H,2,4H2;3H,1H2,2H3. The molecule has 412 valence electrons. The molecule has 1 atom stereocenters. The van der Waals surface area contributed by atoms with Crippen LogP contribution in [0.1, 0.15) is 141 Å². The summed E-state index contributed by atoms with van der Waals surface area (Å²) >= 11 is 13.5. The van der Waals surface area contributed by atoms with Gasteiger partial charge in [0.05, 0.1) is 34.0 Å². The van der Waals surface area contributed by atoms with E-state index < -0.39 is 22.8 Å². The minimum atomic E-state index is -0.745. The van der Waals surface area contributed by atoms with Gasteiger partial charge in [-0.05, 0) is 135 Å². The Morgan fingerprint density at radius 3 is 1.42 bits per heavy atom. The number of ketones is 5. The maximum absolute atomic E-state index is 12.9. The Hall–Kier alpha value is -5.69. The highest BCUT2D eigenvalue weighted by atomic mass is 79.9. The predicted octanol–water partition coefficient (Wildman–Crippen LogP) is 12.7. The zero-order valence-electron chi connectivity index (χ0n) is 43.8. The number of fused-ring (bicyclic) bond motifs is 4. The Bertz CT molecular complexity index is 3070. The average Bonchev–Trinajstić information content (AvgIpc) is 4.34. The van der Waals surface area contributed by atoms with Crippen LogP contribution in [-0.2, 0) is 68.6 Å². The molecular formula is C60H60Br4O14. The second-order valence-corrected chi connectivity index (χ2v) is 23.7. The average molecular weight is 1320 g/mol. The van der Waals surface area contributed by atoms with E-state index in [-0.39, 0.29) is 71.1 Å². The topological polar surface area (TPSA) is 211 Å². The highest BCUT2D eigenvalue weighted by molar-refractivity contribution is 9.11. The monoisotopic (exact) mass is 1320 g/mol. The van der Waals surface area contributed by atoms with Crippen molar-refractivity contribution >= 4 is 117 Å². The van der Waals surface area contributed by atoms with Gasteiger partial charge in [-0.25, -0.2) is 9.59 Å². The van der Waals surface area contributed by atoms with Crippen molar-refractivity contribution in [3.63, 3.8) is 0 Å². The second-order valence-electron chi connectivity index (χ2n) is 20.0. The Balaban J connectivity index is 0.000000166. The van der Waals surface area contributed by atoms with Crippen LogP contribution in [0, 0.1) is 16.2 Å². The van der Waals surface area contributed by atoms with E-state index in [1.807, 2.05) is 66.7 Å². The number of carbonyl (C=O) groups is 9. The summed E-state index contributed by atoms with van der Waals surface area (Å²) in [5, 5.41) is 9.92. The highest BCUT2D eigenvalue weighted by Crippen LogP contribution is 2.50. The maximum atomic E-state index is 12.9. The smallest absolute Gasteiger partial charge is 0.337 e. The van der Waals surface area contributed by atoms with Crippen molar-refractivity contribution in [1.82, 2.24) is 0 Å². The van der Waals surface area contributed by atoms with Gasteiger partial charge in [-0.2, -0.15) is 0 Å². The number of aryl methyl sites for hydroxylation is 1. The van der Waals surface area contributed by atoms with E-state index in [0.717, 1.165) is 83.0 Å². The Kier molecular flexibility index (Phi) is 21.3. The van der Waals surface area contributed by atoms with Gasteiger partial charge in [0.25, 0.3) is 0 Å². The molecule has 0 amide bonds. The molecular weight excluding hydrogens is 1260 g/mol. The van der Waals surface area contributed by atoms with Crippen molar-refractivity contribution in [2.24, 2.45) is 16.2 Å². The minimum Gasteiger partial charge on any atom is -0.512 e. The van der Waals surface area contributed by atoms with Crippen LogP contribution in [0.2, 0.25) is 0 Å². The van der Waals surface area contributed by atoms with Gasteiger partial charge in [0.15, 0.2) is 23.1 Å². The number of rotatable bonds is 8. The lowest BCUT2D eigenvalue weighted by Crippen LogP contribution is -2.33. The summed E-state index contributed by atoms with van der Waals surface area (Å²) < 4.78 is 21.9. The fourth-order valence-corrected chi connectivity index (χ4v) is 12.4. The number of ether oxygens (including phenoxy) is 4. The molecule has 1 fully saturated rings. The zero-order valence-corrected chi connectivity index (χ0v) is 50.1. The summed E-state index contributed by atoms with van der Waals surface area (Å²) in [5.74, 6) is -0.707. The number of aliphatic hydroxyl groups excluding tert-OH is 1. The fourth-order valence-electron chi connectivity index (χ4n) is 10.9. The van der Waals surface area contributed by atoms with Gasteiger partial charge in [-0.1, -0.05) is 94.6 Å². The number of benzene rings is 4. The van der Waals surface area contributed by atoms with Crippen molar-refractivity contribution in [2.75, 3.05) is 28.4 Å². The van der Waals surface area contributed by atoms with Crippen molar-refractivity contribution in [3.8, 4) is 0 Å². The number of aliphatic hydroxyl groups is 1. The van der Waals surface area contributed by atoms with Crippen LogP contribution in [0.15, 0.2) is 115 Å². The Labute approximate surface area is 487 Å². The number of carbonyl (C=O) groups excluding carboxylic acids is 9. The number of allylic oxidation sites excluding steroid dienone is 1. The van der Waals surface area contributed by atoms with E-state index >= 15 is 0 Å². The van der Waals surface area contributed by atoms with E-state index in [1.54, 1.807) is 6.07 Å². The molecule has 0 saturated heterocycles. The highest BCUT2D eigenvalue weighted by Gasteiger charge is 2.50. The summed E-state index contributed by atoms with van der Waals surface area (Å²) in [6.07, 6.45) is 9.46. The molecule has 78 heavy (non-hydrogen) atoms. The minimum absolute atomic E-state index is 0.0124. The van der Waals surface area contributed by atoms with Gasteiger partial charge in [-0.3, -0.25) is 33.6 Å². The largest absolute Gasteiger partial charge is 0.512 e. The summed E-state index contributed by atoms with van der Waals surface area (Å²) in [6.45, 7) is 3.16. The van der Waals surface area contributed by atoms with Crippen LogP contribution >= 0.6 is 63.7 Å². The summed E-state index contributed by atoms with van der Waals surface area (Å²) in [5.41, 5.74) is 6.05. The Morgan fingerprint density at radius 2 is 0.962 bits per heavy atom. The SMILES string of the molecule is C=CC(=O)OC.COC(=O)C1=C(O)CCC2(C1)Cc1ccc(Br)cc1C2=O.COC(=O)CCC1(CCC(=O)OC)Cc2ccc(Br)cc2C1=O.O=C1CCC2(CC1)Cc1ccc(Br)cc1C2=O.O=C1CCc2ccc(Br)cc21. The molecule has 1 N–H and O–H groups in total. The van der Waals surface area contributed by atoms with Crippen molar-refractivity contribution in [3.05, 3.63) is 159 Å². The van der Waals surface area contributed by atoms with Crippen molar-refractivity contribution in [1.29, 1.82) is 0 Å². The molecule has 4 aromatic rings. The normalized spacial score (nSPS) is 18.5. The van der Waals surface area contributed by atoms with Crippen LogP contribution in [0.3, 0.4) is 0 Å². The maximum Gasteiger partial charge on any atom is 0.337 e. The van der Waals surface area contributed by atoms with Crippen LogP contribution in [0.25, 0.3) is 0 Å². The fraction of sp³-hybridized carbons (Fsp3) is 0.383. The van der Waals surface area contributed by atoms with Gasteiger partial charge in [0.1, 0.15) is 11.5 Å². The van der Waals surface area contributed by atoms with Crippen molar-refractivity contribution < 1.29 is 67.2 Å². The van der Waals surface area contributed by atoms with E-state index in [9.17, 15) is 48.3 Å². The number of hydrogen-bond donors (Lipinski definition) is 1. The number of hydrogen-bond acceptors (Lipinski definition) is 14. The third-order valence-electron chi connectivity index (χ3n) is 15.3. The molecule has 0 radical (unpaired) electrons. The zero-order chi connectivity index (χ0) is 57.1. The van der Waals surface area contributed by atoms with Gasteiger partial charge in [0, 0.05) is 101 Å². The quantitative estimate of drug-likeness (QED) is 0.0988. The van der Waals surface area contributed by atoms with E-state index in [2.05, 4.69) is 84.5 Å². The summed E-state index contributed by atoms with van der Waals surface area (Å²) in [7, 11) is 5.24. The van der Waals surface area contributed by atoms with E-state index in [1.165, 1.54) is 34.0 Å². The number of methoxy groups -OCH3 is 4. The first-order valence-electron chi connectivity index (χ1n) is 25.2. The first kappa shape index (κ1) is 61.5. The second kappa shape index (κ2) is 27.0. The van der Waals surface area contributed by atoms with Gasteiger partial charge < -0.3 is 24.1 Å². The lowest BCUT2D eigenvalue weighted by molar-refractivity contribution is -0.141. The molecule has 1 saturated carbocycles. The molecule has 14 nitrogen and oxygen atoms in total. The van der Waals surface area contributed by atoms with Gasteiger partial charge in [0.2, 0.25) is 0 Å². The number of Topliss-reactive ketones (excluding diaryl/α,β-unsaturated/α-hetero) is 5. The molecule has 6 aliphatic carbocycles. The van der Waals surface area contributed by atoms with Crippen LogP contribution in [0.5, 0.6) is 0 Å². The lowest BCUT2D eigenvalue weighted by Gasteiger charge is -2.32. The molecule has 1 unspecified atom stereocenters. The van der Waals surface area contributed by atoms with Gasteiger partial charge >= 0.3 is 23.9 Å². The Morgan fingerprint density at radius 1 is 0.526 bits per heavy atom. The molecule has 4 aromatic carbocycles. The number of halogens is 4. The van der Waals surface area contributed by atoms with Crippen LogP contribution in [-0.4, -0.2) is 86.3 Å². The first-order chi connectivity index (χ1) is 37.1. The molecule has 18 heteroatoms. The molecule has 0 aliphatic heterocycles. The molecule has 6 aliphatic rings. The molecule has 0 bridgehead atoms.